The molecule has 2 rings (SSSR count). The van der Waals surface area contributed by atoms with Crippen LogP contribution in [0.15, 0.2) is 23.6 Å². The fourth-order valence-corrected chi connectivity index (χ4v) is 2.29. The Hall–Kier alpha value is -2.41. The molecule has 0 saturated carbocycles. The van der Waals surface area contributed by atoms with Gasteiger partial charge in [-0.15, -0.1) is 11.3 Å². The van der Waals surface area contributed by atoms with E-state index in [1.807, 2.05) is 6.92 Å². The van der Waals surface area contributed by atoms with Gasteiger partial charge in [0.15, 0.2) is 11.7 Å². The van der Waals surface area contributed by atoms with Crippen LogP contribution in [0.25, 0.3) is 0 Å². The highest BCUT2D eigenvalue weighted by Crippen LogP contribution is 2.19. The molecule has 0 radical (unpaired) electrons. The lowest BCUT2D eigenvalue weighted by molar-refractivity contribution is -0.119. The van der Waals surface area contributed by atoms with Gasteiger partial charge in [-0.25, -0.2) is 9.78 Å². The highest BCUT2D eigenvalue weighted by atomic mass is 32.1. The summed E-state index contributed by atoms with van der Waals surface area (Å²) >= 11 is 1.29. The minimum Gasteiger partial charge on any atom is -0.507 e. The van der Waals surface area contributed by atoms with Gasteiger partial charge < -0.3 is 9.84 Å². The van der Waals surface area contributed by atoms with E-state index in [-0.39, 0.29) is 11.3 Å². The summed E-state index contributed by atoms with van der Waals surface area (Å²) in [4.78, 5) is 27.5. The largest absolute Gasteiger partial charge is 0.507 e. The number of thiazole rings is 1. The molecule has 1 aromatic heterocycles. The third-order valence-electron chi connectivity index (χ3n) is 2.57. The zero-order valence-electron chi connectivity index (χ0n) is 11.5. The molecule has 0 atom stereocenters. The summed E-state index contributed by atoms with van der Waals surface area (Å²) in [5, 5.41) is 14.4. The standard InChI is InChI=1S/C14H14N2O4S/c1-8-3-4-11(17)10(5-8)13(19)20-6-12(18)16-14-15-9(2)7-21-14/h3-5,7,17H,6H2,1-2H3,(H,15,16,18). The minimum atomic E-state index is -0.748. The number of nitrogens with one attached hydrogen (secondary N) is 1. The smallest absolute Gasteiger partial charge is 0.342 e. The first-order valence-electron chi connectivity index (χ1n) is 6.14. The van der Waals surface area contributed by atoms with Gasteiger partial charge in [0.2, 0.25) is 0 Å². The number of hydrogen-bond acceptors (Lipinski definition) is 6. The van der Waals surface area contributed by atoms with Gasteiger partial charge in [-0.2, -0.15) is 0 Å². The highest BCUT2D eigenvalue weighted by molar-refractivity contribution is 7.13. The van der Waals surface area contributed by atoms with Crippen LogP contribution < -0.4 is 5.32 Å². The van der Waals surface area contributed by atoms with Gasteiger partial charge in [-0.1, -0.05) is 11.6 Å². The molecular weight excluding hydrogens is 292 g/mol. The molecule has 2 aromatic rings. The number of anilines is 1. The van der Waals surface area contributed by atoms with Crippen molar-refractivity contribution in [1.82, 2.24) is 4.98 Å². The molecule has 2 N–H and O–H groups in total. The molecule has 0 fully saturated rings. The number of ether oxygens (including phenoxy) is 1. The minimum absolute atomic E-state index is 0.0351. The summed E-state index contributed by atoms with van der Waals surface area (Å²) in [6.07, 6.45) is 0. The maximum absolute atomic E-state index is 11.8. The number of phenolic OH excluding ortho intramolecular Hbond substituents is 1. The summed E-state index contributed by atoms with van der Waals surface area (Å²) in [5.41, 5.74) is 1.65. The maximum Gasteiger partial charge on any atom is 0.342 e. The molecule has 1 amide bonds. The first-order chi connectivity index (χ1) is 9.95. The molecule has 0 bridgehead atoms. The fourth-order valence-electron chi connectivity index (χ4n) is 1.59. The molecule has 110 valence electrons. The number of aryl methyl sites for hydroxylation is 2. The Kier molecular flexibility index (Phi) is 4.54. The van der Waals surface area contributed by atoms with E-state index < -0.39 is 18.5 Å². The van der Waals surface area contributed by atoms with Crippen molar-refractivity contribution in [2.24, 2.45) is 0 Å². The second-order valence-corrected chi connectivity index (χ2v) is 5.30. The number of benzene rings is 1. The van der Waals surface area contributed by atoms with Crippen LogP contribution >= 0.6 is 11.3 Å². The number of carbonyl (C=O) groups is 2. The number of aromatic hydroxyl groups is 1. The van der Waals surface area contributed by atoms with Gasteiger partial charge in [0, 0.05) is 5.38 Å². The number of phenols is 1. The van der Waals surface area contributed by atoms with Gasteiger partial charge in [0.25, 0.3) is 5.91 Å². The van der Waals surface area contributed by atoms with Crippen LogP contribution in [0.5, 0.6) is 5.75 Å². The molecule has 6 nitrogen and oxygen atoms in total. The van der Waals surface area contributed by atoms with Crippen molar-refractivity contribution >= 4 is 28.3 Å². The molecule has 0 aliphatic rings. The van der Waals surface area contributed by atoms with E-state index in [0.29, 0.717) is 5.13 Å². The normalized spacial score (nSPS) is 10.2. The second kappa shape index (κ2) is 6.36. The van der Waals surface area contributed by atoms with Crippen molar-refractivity contribution < 1.29 is 19.4 Å². The van der Waals surface area contributed by atoms with Crippen LogP contribution in [0.1, 0.15) is 21.6 Å². The third kappa shape index (κ3) is 4.03. The number of aromatic nitrogens is 1. The van der Waals surface area contributed by atoms with Crippen LogP contribution in [-0.2, 0) is 9.53 Å². The Morgan fingerprint density at radius 3 is 2.81 bits per heavy atom. The van der Waals surface area contributed by atoms with Crippen LogP contribution in [-0.4, -0.2) is 28.6 Å². The number of rotatable bonds is 4. The van der Waals surface area contributed by atoms with Crippen LogP contribution in [0, 0.1) is 13.8 Å². The molecule has 0 unspecified atom stereocenters. The summed E-state index contributed by atoms with van der Waals surface area (Å²) in [5.74, 6) is -1.41. The van der Waals surface area contributed by atoms with Gasteiger partial charge in [-0.3, -0.25) is 10.1 Å². The molecular formula is C14H14N2O4S. The van der Waals surface area contributed by atoms with E-state index in [1.165, 1.54) is 23.5 Å². The van der Waals surface area contributed by atoms with E-state index in [4.69, 9.17) is 4.74 Å². The number of nitrogens with zero attached hydrogens (tertiary/aromatic N) is 1. The molecule has 0 aliphatic heterocycles. The Morgan fingerprint density at radius 2 is 2.14 bits per heavy atom. The first-order valence-corrected chi connectivity index (χ1v) is 7.02. The SMILES string of the molecule is Cc1ccc(O)c(C(=O)OCC(=O)Nc2nc(C)cs2)c1. The topological polar surface area (TPSA) is 88.5 Å². The highest BCUT2D eigenvalue weighted by Gasteiger charge is 2.15. The molecule has 1 heterocycles. The molecule has 7 heteroatoms. The van der Waals surface area contributed by atoms with E-state index in [0.717, 1.165) is 11.3 Å². The van der Waals surface area contributed by atoms with E-state index in [2.05, 4.69) is 10.3 Å². The van der Waals surface area contributed by atoms with Crippen molar-refractivity contribution in [3.63, 3.8) is 0 Å². The van der Waals surface area contributed by atoms with Crippen LogP contribution in [0.4, 0.5) is 5.13 Å². The van der Waals surface area contributed by atoms with Gasteiger partial charge in [0.05, 0.1) is 5.69 Å². The Morgan fingerprint density at radius 1 is 1.38 bits per heavy atom. The lowest BCUT2D eigenvalue weighted by Crippen LogP contribution is -2.21. The average molecular weight is 306 g/mol. The van der Waals surface area contributed by atoms with E-state index in [9.17, 15) is 14.7 Å². The van der Waals surface area contributed by atoms with Crippen molar-refractivity contribution in [1.29, 1.82) is 0 Å². The van der Waals surface area contributed by atoms with Crippen molar-refractivity contribution in [2.75, 3.05) is 11.9 Å². The third-order valence-corrected chi connectivity index (χ3v) is 3.45. The van der Waals surface area contributed by atoms with Crippen molar-refractivity contribution in [3.8, 4) is 5.75 Å². The average Bonchev–Trinajstić information content (AvgIpc) is 2.84. The van der Waals surface area contributed by atoms with Crippen LogP contribution in [0.2, 0.25) is 0 Å². The Labute approximate surface area is 125 Å². The van der Waals surface area contributed by atoms with Gasteiger partial charge >= 0.3 is 5.97 Å². The summed E-state index contributed by atoms with van der Waals surface area (Å²) in [7, 11) is 0. The predicted octanol–water partition coefficient (Wildman–Crippen LogP) is 2.26. The molecule has 21 heavy (non-hydrogen) atoms. The molecule has 1 aromatic carbocycles. The van der Waals surface area contributed by atoms with Gasteiger partial charge in [0.1, 0.15) is 11.3 Å². The second-order valence-electron chi connectivity index (χ2n) is 4.44. The lowest BCUT2D eigenvalue weighted by Gasteiger charge is -2.06. The zero-order valence-corrected chi connectivity index (χ0v) is 12.4. The Balaban J connectivity index is 1.91. The molecule has 0 aliphatic carbocycles. The lowest BCUT2D eigenvalue weighted by atomic mass is 10.1. The number of hydrogen-bond donors (Lipinski definition) is 2. The summed E-state index contributed by atoms with van der Waals surface area (Å²) < 4.78 is 4.87. The fraction of sp³-hybridized carbons (Fsp3) is 0.214. The molecule has 0 saturated heterocycles. The summed E-state index contributed by atoms with van der Waals surface area (Å²) in [6.45, 7) is 3.16. The Bertz CT molecular complexity index is 681. The number of carbonyl (C=O) groups excluding carboxylic acids is 2. The first kappa shape index (κ1) is 15.0. The van der Waals surface area contributed by atoms with E-state index in [1.54, 1.807) is 18.4 Å². The van der Waals surface area contributed by atoms with Gasteiger partial charge in [-0.05, 0) is 26.0 Å². The monoisotopic (exact) mass is 306 g/mol. The van der Waals surface area contributed by atoms with Crippen LogP contribution in [0.3, 0.4) is 0 Å². The van der Waals surface area contributed by atoms with Crippen molar-refractivity contribution in [3.05, 3.63) is 40.4 Å². The molecule has 0 spiro atoms. The number of esters is 1. The van der Waals surface area contributed by atoms with E-state index >= 15 is 0 Å². The quantitative estimate of drug-likeness (QED) is 0.846. The zero-order chi connectivity index (χ0) is 15.4. The summed E-state index contributed by atoms with van der Waals surface area (Å²) in [6, 6.07) is 4.58. The van der Waals surface area contributed by atoms with Crippen molar-refractivity contribution in [2.45, 2.75) is 13.8 Å². The number of amides is 1. The predicted molar refractivity (Wildman–Crippen MR) is 78.6 cm³/mol. The maximum atomic E-state index is 11.8.